The van der Waals surface area contributed by atoms with Crippen LogP contribution < -0.4 is 5.32 Å². The lowest BCUT2D eigenvalue weighted by molar-refractivity contribution is -0.124. The average molecular weight is 337 g/mol. The Labute approximate surface area is 145 Å². The second-order valence-corrected chi connectivity index (χ2v) is 5.68. The van der Waals surface area contributed by atoms with Crippen molar-refractivity contribution in [2.45, 2.75) is 18.5 Å². The van der Waals surface area contributed by atoms with E-state index in [9.17, 15) is 9.90 Å². The summed E-state index contributed by atoms with van der Waals surface area (Å²) in [4.78, 5) is 12.9. The molecule has 0 radical (unpaired) electrons. The highest BCUT2D eigenvalue weighted by atomic mass is 16.3. The summed E-state index contributed by atoms with van der Waals surface area (Å²) in [5.41, 5.74) is 1.81. The number of carbonyl (C=O) groups is 1. The largest absolute Gasteiger partial charge is 0.394 e. The van der Waals surface area contributed by atoms with Crippen LogP contribution in [0, 0.1) is 0 Å². The highest BCUT2D eigenvalue weighted by Crippen LogP contribution is 2.17. The maximum atomic E-state index is 12.9. The number of hydrogen-bond acceptors (Lipinski definition) is 5. The van der Waals surface area contributed by atoms with Crippen LogP contribution in [0.5, 0.6) is 0 Å². The van der Waals surface area contributed by atoms with Crippen molar-refractivity contribution in [2.75, 3.05) is 6.61 Å². The summed E-state index contributed by atoms with van der Waals surface area (Å²) < 4.78 is 1.40. The van der Waals surface area contributed by atoms with Crippen molar-refractivity contribution in [3.63, 3.8) is 0 Å². The molecule has 0 aliphatic rings. The Morgan fingerprint density at radius 1 is 1.08 bits per heavy atom. The van der Waals surface area contributed by atoms with Crippen LogP contribution in [-0.2, 0) is 11.2 Å². The number of tetrazole rings is 1. The Balaban J connectivity index is 1.78. The van der Waals surface area contributed by atoms with Crippen LogP contribution in [0.2, 0.25) is 0 Å². The smallest absolute Gasteiger partial charge is 0.249 e. The number of benzene rings is 2. The molecule has 7 nitrogen and oxygen atoms in total. The van der Waals surface area contributed by atoms with E-state index >= 15 is 0 Å². The Bertz CT molecular complexity index is 778. The molecule has 3 rings (SSSR count). The minimum atomic E-state index is -0.693. The third-order valence-corrected chi connectivity index (χ3v) is 3.88. The zero-order valence-corrected chi connectivity index (χ0v) is 13.6. The molecular weight excluding hydrogens is 318 g/mol. The summed E-state index contributed by atoms with van der Waals surface area (Å²) in [7, 11) is 0. The first-order valence-electron chi connectivity index (χ1n) is 8.00. The van der Waals surface area contributed by atoms with Crippen molar-refractivity contribution in [2.24, 2.45) is 0 Å². The normalized spacial score (nSPS) is 13.2. The molecule has 0 aliphatic carbocycles. The summed E-state index contributed by atoms with van der Waals surface area (Å²) in [6.45, 7) is -0.155. The summed E-state index contributed by atoms with van der Waals surface area (Å²) >= 11 is 0. The first-order chi connectivity index (χ1) is 12.3. The number of amides is 1. The van der Waals surface area contributed by atoms with Gasteiger partial charge in [0, 0.05) is 0 Å². The molecule has 0 bridgehead atoms. The number of nitrogens with zero attached hydrogens (tertiary/aromatic N) is 4. The molecule has 0 spiro atoms. The third kappa shape index (κ3) is 4.27. The molecule has 1 aromatic heterocycles. The number of carbonyl (C=O) groups excluding carboxylic acids is 1. The number of aliphatic hydroxyl groups is 1. The fourth-order valence-corrected chi connectivity index (χ4v) is 2.69. The number of aliphatic hydroxyl groups excluding tert-OH is 1. The molecular formula is C18H19N5O2. The van der Waals surface area contributed by atoms with E-state index in [1.165, 1.54) is 11.0 Å². The molecule has 0 fully saturated rings. The second kappa shape index (κ2) is 8.16. The van der Waals surface area contributed by atoms with Crippen LogP contribution in [0.4, 0.5) is 0 Å². The van der Waals surface area contributed by atoms with Crippen molar-refractivity contribution in [3.05, 3.63) is 78.1 Å². The van der Waals surface area contributed by atoms with Gasteiger partial charge in [-0.2, -0.15) is 0 Å². The van der Waals surface area contributed by atoms with Crippen molar-refractivity contribution in [1.29, 1.82) is 0 Å². The second-order valence-electron chi connectivity index (χ2n) is 5.68. The predicted molar refractivity (Wildman–Crippen MR) is 91.6 cm³/mol. The fraction of sp³-hybridized carbons (Fsp3) is 0.222. The fourth-order valence-electron chi connectivity index (χ4n) is 2.69. The van der Waals surface area contributed by atoms with Crippen LogP contribution in [0.1, 0.15) is 17.2 Å². The quantitative estimate of drug-likeness (QED) is 0.670. The van der Waals surface area contributed by atoms with E-state index in [2.05, 4.69) is 20.8 Å². The van der Waals surface area contributed by atoms with Gasteiger partial charge >= 0.3 is 0 Å². The predicted octanol–water partition coefficient (Wildman–Crippen LogP) is 0.982. The van der Waals surface area contributed by atoms with E-state index in [0.29, 0.717) is 6.42 Å². The van der Waals surface area contributed by atoms with Gasteiger partial charge in [-0.15, -0.1) is 5.10 Å². The number of aromatic nitrogens is 4. The Morgan fingerprint density at radius 3 is 2.36 bits per heavy atom. The van der Waals surface area contributed by atoms with E-state index in [1.54, 1.807) is 0 Å². The van der Waals surface area contributed by atoms with Gasteiger partial charge in [-0.3, -0.25) is 4.79 Å². The summed E-state index contributed by atoms with van der Waals surface area (Å²) in [6, 6.07) is 17.9. The van der Waals surface area contributed by atoms with Gasteiger partial charge in [0.25, 0.3) is 0 Å². The van der Waals surface area contributed by atoms with Crippen LogP contribution in [0.15, 0.2) is 67.0 Å². The minimum Gasteiger partial charge on any atom is -0.394 e. The SMILES string of the molecule is O=C(N[C@@H](CO)Cc1ccccc1)[C@H](c1ccccc1)n1cnnn1. The molecule has 25 heavy (non-hydrogen) atoms. The van der Waals surface area contributed by atoms with Gasteiger partial charge in [0.1, 0.15) is 6.33 Å². The standard InChI is InChI=1S/C18H19N5O2/c24-12-16(11-14-7-3-1-4-8-14)20-18(25)17(23-13-19-21-22-23)15-9-5-2-6-10-15/h1-10,13,16-17,24H,11-12H2,(H,20,25)/t16-,17+/m1/s1. The maximum Gasteiger partial charge on any atom is 0.249 e. The molecule has 0 saturated carbocycles. The Morgan fingerprint density at radius 2 is 1.76 bits per heavy atom. The molecule has 128 valence electrons. The lowest BCUT2D eigenvalue weighted by Crippen LogP contribution is -2.43. The third-order valence-electron chi connectivity index (χ3n) is 3.88. The van der Waals surface area contributed by atoms with Crippen LogP contribution in [-0.4, -0.2) is 43.9 Å². The number of nitrogens with one attached hydrogen (secondary N) is 1. The van der Waals surface area contributed by atoms with Gasteiger partial charge in [0.2, 0.25) is 5.91 Å². The van der Waals surface area contributed by atoms with Gasteiger partial charge in [-0.25, -0.2) is 4.68 Å². The van der Waals surface area contributed by atoms with Gasteiger partial charge in [-0.05, 0) is 28.0 Å². The molecule has 0 saturated heterocycles. The first-order valence-corrected chi connectivity index (χ1v) is 8.00. The lowest BCUT2D eigenvalue weighted by Gasteiger charge is -2.21. The summed E-state index contributed by atoms with van der Waals surface area (Å²) in [5, 5.41) is 23.7. The topological polar surface area (TPSA) is 92.9 Å². The highest BCUT2D eigenvalue weighted by Gasteiger charge is 2.25. The highest BCUT2D eigenvalue weighted by molar-refractivity contribution is 5.83. The lowest BCUT2D eigenvalue weighted by atomic mass is 10.0. The van der Waals surface area contributed by atoms with Gasteiger partial charge in [0.15, 0.2) is 6.04 Å². The van der Waals surface area contributed by atoms with Crippen molar-refractivity contribution in [3.8, 4) is 0 Å². The summed E-state index contributed by atoms with van der Waals surface area (Å²) in [5.74, 6) is -0.270. The maximum absolute atomic E-state index is 12.9. The summed E-state index contributed by atoms with van der Waals surface area (Å²) in [6.07, 6.45) is 1.95. The molecule has 2 N–H and O–H groups in total. The Kier molecular flexibility index (Phi) is 5.48. The van der Waals surface area contributed by atoms with Gasteiger partial charge in [0.05, 0.1) is 12.6 Å². The molecule has 3 aromatic rings. The zero-order chi connectivity index (χ0) is 17.5. The molecule has 1 heterocycles. The minimum absolute atomic E-state index is 0.155. The van der Waals surface area contributed by atoms with Gasteiger partial charge in [-0.1, -0.05) is 60.7 Å². The average Bonchev–Trinajstić information content (AvgIpc) is 3.17. The van der Waals surface area contributed by atoms with Crippen molar-refractivity contribution >= 4 is 5.91 Å². The van der Waals surface area contributed by atoms with E-state index in [-0.39, 0.29) is 12.5 Å². The zero-order valence-electron chi connectivity index (χ0n) is 13.6. The number of rotatable bonds is 7. The molecule has 0 unspecified atom stereocenters. The molecule has 2 atom stereocenters. The van der Waals surface area contributed by atoms with E-state index in [4.69, 9.17) is 0 Å². The molecule has 1 amide bonds. The van der Waals surface area contributed by atoms with Crippen LogP contribution >= 0.6 is 0 Å². The van der Waals surface area contributed by atoms with Crippen LogP contribution in [0.3, 0.4) is 0 Å². The molecule has 0 aliphatic heterocycles. The van der Waals surface area contributed by atoms with E-state index < -0.39 is 12.1 Å². The van der Waals surface area contributed by atoms with Crippen molar-refractivity contribution in [1.82, 2.24) is 25.5 Å². The molecule has 2 aromatic carbocycles. The monoisotopic (exact) mass is 337 g/mol. The van der Waals surface area contributed by atoms with E-state index in [1.807, 2.05) is 60.7 Å². The van der Waals surface area contributed by atoms with Crippen molar-refractivity contribution < 1.29 is 9.90 Å². The van der Waals surface area contributed by atoms with E-state index in [0.717, 1.165) is 11.1 Å². The number of hydrogen-bond donors (Lipinski definition) is 2. The molecule has 7 heteroatoms. The first kappa shape index (κ1) is 16.8. The van der Waals surface area contributed by atoms with Gasteiger partial charge < -0.3 is 10.4 Å². The van der Waals surface area contributed by atoms with Crippen LogP contribution in [0.25, 0.3) is 0 Å². The Hall–Kier alpha value is -3.06.